The predicted octanol–water partition coefficient (Wildman–Crippen LogP) is 7.24. The van der Waals surface area contributed by atoms with Crippen LogP contribution in [0, 0.1) is 0 Å². The molecule has 22 heavy (non-hydrogen) atoms. The maximum Gasteiger partial charge on any atom is 0.192 e. The van der Waals surface area contributed by atoms with Crippen LogP contribution in [0.1, 0.15) is 91.4 Å². The summed E-state index contributed by atoms with van der Waals surface area (Å²) in [7, 11) is -1.46. The van der Waals surface area contributed by atoms with E-state index in [9.17, 15) is 0 Å². The molecule has 0 N–H and O–H groups in total. The Bertz CT molecular complexity index is 275. The first kappa shape index (κ1) is 20.0. The first-order chi connectivity index (χ1) is 10.8. The van der Waals surface area contributed by atoms with Crippen LogP contribution in [0.5, 0.6) is 0 Å². The lowest BCUT2D eigenvalue weighted by Crippen LogP contribution is -2.39. The van der Waals surface area contributed by atoms with Gasteiger partial charge in [0.2, 0.25) is 0 Å². The molecule has 0 aromatic rings. The Morgan fingerprint density at radius 2 is 1.27 bits per heavy atom. The summed E-state index contributed by atoms with van der Waals surface area (Å²) in [5, 5.41) is 0. The highest BCUT2D eigenvalue weighted by Gasteiger charge is 2.31. The molecule has 2 heteroatoms. The zero-order chi connectivity index (χ0) is 16.1. The van der Waals surface area contributed by atoms with E-state index in [1.165, 1.54) is 88.8 Å². The fraction of sp³-hybridized carbons (Fsp3) is 0.900. The lowest BCUT2D eigenvalue weighted by Gasteiger charge is -2.32. The Hall–Kier alpha value is -0.0831. The van der Waals surface area contributed by atoms with Crippen molar-refractivity contribution in [3.63, 3.8) is 0 Å². The Balaban J connectivity index is 2.57. The fourth-order valence-electron chi connectivity index (χ4n) is 3.61. The van der Waals surface area contributed by atoms with Crippen molar-refractivity contribution in [3.8, 4) is 0 Å². The number of hydrogen-bond acceptors (Lipinski definition) is 1. The minimum absolute atomic E-state index is 0.398. The SMILES string of the molecule is CC[Si](CC)(CC)OC1C=CCCCCCCCCCCC1. The van der Waals surface area contributed by atoms with E-state index in [0.717, 1.165) is 0 Å². The second-order valence-corrected chi connectivity index (χ2v) is 11.8. The van der Waals surface area contributed by atoms with Crippen LogP contribution in [-0.2, 0) is 4.43 Å². The van der Waals surface area contributed by atoms with Crippen molar-refractivity contribution >= 4 is 8.32 Å². The lowest BCUT2D eigenvalue weighted by molar-refractivity contribution is 0.217. The average molecular weight is 325 g/mol. The van der Waals surface area contributed by atoms with Crippen LogP contribution in [0.15, 0.2) is 12.2 Å². The summed E-state index contributed by atoms with van der Waals surface area (Å²) in [4.78, 5) is 0. The van der Waals surface area contributed by atoms with Gasteiger partial charge in [-0.25, -0.2) is 0 Å². The second-order valence-electron chi connectivity index (χ2n) is 7.09. The first-order valence-corrected chi connectivity index (χ1v) is 12.6. The summed E-state index contributed by atoms with van der Waals surface area (Å²) >= 11 is 0. The van der Waals surface area contributed by atoms with Crippen molar-refractivity contribution in [1.82, 2.24) is 0 Å². The zero-order valence-electron chi connectivity index (χ0n) is 15.5. The van der Waals surface area contributed by atoms with Crippen molar-refractivity contribution < 1.29 is 4.43 Å². The molecule has 0 saturated carbocycles. The molecule has 0 bridgehead atoms. The number of rotatable bonds is 5. The Labute approximate surface area is 141 Å². The Kier molecular flexibility index (Phi) is 11.2. The van der Waals surface area contributed by atoms with E-state index in [1.807, 2.05) is 0 Å². The van der Waals surface area contributed by atoms with Crippen LogP contribution in [0.2, 0.25) is 18.1 Å². The highest BCUT2D eigenvalue weighted by Crippen LogP contribution is 2.26. The molecule has 0 aromatic carbocycles. The number of allylic oxidation sites excluding steroid dienone is 1. The molecule has 1 atom stereocenters. The molecule has 1 nitrogen and oxygen atoms in total. The maximum absolute atomic E-state index is 6.74. The van der Waals surface area contributed by atoms with Crippen LogP contribution in [0.4, 0.5) is 0 Å². The highest BCUT2D eigenvalue weighted by atomic mass is 28.4. The number of hydrogen-bond donors (Lipinski definition) is 0. The van der Waals surface area contributed by atoms with E-state index in [1.54, 1.807) is 0 Å². The second kappa shape index (κ2) is 12.4. The minimum Gasteiger partial charge on any atom is -0.411 e. The van der Waals surface area contributed by atoms with Gasteiger partial charge in [-0.15, -0.1) is 0 Å². The normalized spacial score (nSPS) is 23.1. The molecule has 1 unspecified atom stereocenters. The molecule has 0 aliphatic heterocycles. The fourth-order valence-corrected chi connectivity index (χ4v) is 6.45. The topological polar surface area (TPSA) is 9.23 Å². The Morgan fingerprint density at radius 3 is 1.82 bits per heavy atom. The van der Waals surface area contributed by atoms with Crippen molar-refractivity contribution in [1.29, 1.82) is 0 Å². The van der Waals surface area contributed by atoms with Gasteiger partial charge in [-0.3, -0.25) is 0 Å². The van der Waals surface area contributed by atoms with E-state index in [4.69, 9.17) is 4.43 Å². The van der Waals surface area contributed by atoms with Crippen LogP contribution in [0.25, 0.3) is 0 Å². The summed E-state index contributed by atoms with van der Waals surface area (Å²) in [6.45, 7) is 7.02. The summed E-state index contributed by atoms with van der Waals surface area (Å²) < 4.78 is 6.74. The predicted molar refractivity (Wildman–Crippen MR) is 102 cm³/mol. The van der Waals surface area contributed by atoms with E-state index in [0.29, 0.717) is 6.10 Å². The van der Waals surface area contributed by atoms with E-state index in [2.05, 4.69) is 32.9 Å². The van der Waals surface area contributed by atoms with Gasteiger partial charge in [0.05, 0.1) is 6.10 Å². The summed E-state index contributed by atoms with van der Waals surface area (Å²) in [5.41, 5.74) is 0. The van der Waals surface area contributed by atoms with Crippen LogP contribution >= 0.6 is 0 Å². The van der Waals surface area contributed by atoms with Gasteiger partial charge in [-0.05, 0) is 37.4 Å². The maximum atomic E-state index is 6.74. The van der Waals surface area contributed by atoms with Crippen LogP contribution < -0.4 is 0 Å². The van der Waals surface area contributed by atoms with E-state index in [-0.39, 0.29) is 0 Å². The van der Waals surface area contributed by atoms with Gasteiger partial charge in [0.1, 0.15) is 0 Å². The quantitative estimate of drug-likeness (QED) is 0.382. The molecule has 1 rings (SSSR count). The summed E-state index contributed by atoms with van der Waals surface area (Å²) in [5.74, 6) is 0. The van der Waals surface area contributed by atoms with Crippen molar-refractivity contribution in [2.75, 3.05) is 0 Å². The molecule has 130 valence electrons. The lowest BCUT2D eigenvalue weighted by atomic mass is 10.0. The van der Waals surface area contributed by atoms with Gasteiger partial charge in [0.25, 0.3) is 0 Å². The first-order valence-electron chi connectivity index (χ1n) is 10.1. The molecule has 0 heterocycles. The third kappa shape index (κ3) is 7.96. The monoisotopic (exact) mass is 324 g/mol. The molecule has 0 spiro atoms. The van der Waals surface area contributed by atoms with Gasteiger partial charge in [0.15, 0.2) is 8.32 Å². The van der Waals surface area contributed by atoms with Gasteiger partial charge in [-0.1, -0.05) is 84.3 Å². The van der Waals surface area contributed by atoms with Gasteiger partial charge < -0.3 is 4.43 Å². The van der Waals surface area contributed by atoms with Crippen LogP contribution in [-0.4, -0.2) is 14.4 Å². The largest absolute Gasteiger partial charge is 0.411 e. The van der Waals surface area contributed by atoms with Crippen molar-refractivity contribution in [2.24, 2.45) is 0 Å². The molecular formula is C20H40OSi. The molecule has 0 radical (unpaired) electrons. The molecule has 0 amide bonds. The van der Waals surface area contributed by atoms with Crippen molar-refractivity contribution in [3.05, 3.63) is 12.2 Å². The third-order valence-electron chi connectivity index (χ3n) is 5.54. The molecule has 0 fully saturated rings. The molecular weight excluding hydrogens is 284 g/mol. The molecule has 0 saturated heterocycles. The Morgan fingerprint density at radius 1 is 0.773 bits per heavy atom. The smallest absolute Gasteiger partial charge is 0.192 e. The third-order valence-corrected chi connectivity index (χ3v) is 10.2. The van der Waals surface area contributed by atoms with Gasteiger partial charge >= 0.3 is 0 Å². The zero-order valence-corrected chi connectivity index (χ0v) is 16.5. The molecule has 1 aliphatic carbocycles. The van der Waals surface area contributed by atoms with Gasteiger partial charge in [0, 0.05) is 0 Å². The van der Waals surface area contributed by atoms with Gasteiger partial charge in [-0.2, -0.15) is 0 Å². The minimum atomic E-state index is -1.46. The molecule has 1 aliphatic rings. The highest BCUT2D eigenvalue weighted by molar-refractivity contribution is 6.73. The average Bonchev–Trinajstić information content (AvgIpc) is 2.56. The van der Waals surface area contributed by atoms with E-state index >= 15 is 0 Å². The summed E-state index contributed by atoms with van der Waals surface area (Å²) in [6, 6.07) is 3.80. The summed E-state index contributed by atoms with van der Waals surface area (Å²) in [6.07, 6.45) is 20.4. The van der Waals surface area contributed by atoms with E-state index < -0.39 is 8.32 Å². The standard InChI is InChI=1S/C20H40OSi/c1-4-22(5-2,6-3)21-20-18-16-14-12-10-8-7-9-11-13-15-17-19-20/h16,18,20H,4-15,17,19H2,1-3H3. The van der Waals surface area contributed by atoms with Crippen molar-refractivity contribution in [2.45, 2.75) is 116 Å². The van der Waals surface area contributed by atoms with Crippen LogP contribution in [0.3, 0.4) is 0 Å². The molecule has 0 aromatic heterocycles.